The molecule has 7 nitrogen and oxygen atoms in total. The number of hydrogen-bond acceptors (Lipinski definition) is 5. The van der Waals surface area contributed by atoms with E-state index in [0.29, 0.717) is 31.9 Å². The predicted octanol–water partition coefficient (Wildman–Crippen LogP) is -0.479. The fourth-order valence-electron chi connectivity index (χ4n) is 1.96. The first-order chi connectivity index (χ1) is 9.58. The standard InChI is InChI=1S/C12H19N3O4S/c16-12(14-10-11-2-1-8-19-11)3-9-20(17,18)15-6-4-13-5-7-15/h1-2,8,13H,3-7,9-10H2,(H,14,16). The van der Waals surface area contributed by atoms with Gasteiger partial charge in [-0.2, -0.15) is 4.31 Å². The summed E-state index contributed by atoms with van der Waals surface area (Å²) >= 11 is 0. The highest BCUT2D eigenvalue weighted by Crippen LogP contribution is 2.05. The van der Waals surface area contributed by atoms with Crippen LogP contribution in [0.15, 0.2) is 22.8 Å². The molecule has 1 aromatic heterocycles. The van der Waals surface area contributed by atoms with E-state index in [1.807, 2.05) is 0 Å². The molecule has 0 radical (unpaired) electrons. The van der Waals surface area contributed by atoms with Crippen molar-refractivity contribution in [1.82, 2.24) is 14.9 Å². The van der Waals surface area contributed by atoms with Crippen LogP contribution in [-0.4, -0.2) is 50.6 Å². The molecule has 0 atom stereocenters. The maximum Gasteiger partial charge on any atom is 0.221 e. The first-order valence-electron chi connectivity index (χ1n) is 6.55. The Morgan fingerprint density at radius 2 is 2.15 bits per heavy atom. The van der Waals surface area contributed by atoms with Crippen molar-refractivity contribution in [3.05, 3.63) is 24.2 Å². The number of piperazine rings is 1. The van der Waals surface area contributed by atoms with Gasteiger partial charge in [-0.1, -0.05) is 0 Å². The van der Waals surface area contributed by atoms with Crippen LogP contribution < -0.4 is 10.6 Å². The summed E-state index contributed by atoms with van der Waals surface area (Å²) in [6, 6.07) is 3.48. The molecule has 1 aromatic rings. The molecule has 0 aliphatic carbocycles. The number of carbonyl (C=O) groups excluding carboxylic acids is 1. The Balaban J connectivity index is 1.74. The Bertz CT molecular complexity index is 521. The lowest BCUT2D eigenvalue weighted by Gasteiger charge is -2.26. The minimum Gasteiger partial charge on any atom is -0.467 e. The summed E-state index contributed by atoms with van der Waals surface area (Å²) in [5.41, 5.74) is 0. The molecule has 2 rings (SSSR count). The number of furan rings is 1. The quantitative estimate of drug-likeness (QED) is 0.740. The van der Waals surface area contributed by atoms with Crippen LogP contribution in [0.4, 0.5) is 0 Å². The molecule has 0 bridgehead atoms. The van der Waals surface area contributed by atoms with E-state index in [1.165, 1.54) is 10.6 Å². The number of rotatable bonds is 6. The predicted molar refractivity (Wildman–Crippen MR) is 73.4 cm³/mol. The molecule has 2 heterocycles. The fraction of sp³-hybridized carbons (Fsp3) is 0.583. The highest BCUT2D eigenvalue weighted by molar-refractivity contribution is 7.89. The molecule has 0 saturated carbocycles. The van der Waals surface area contributed by atoms with E-state index in [1.54, 1.807) is 12.1 Å². The van der Waals surface area contributed by atoms with Gasteiger partial charge in [0.15, 0.2) is 0 Å². The number of hydrogen-bond donors (Lipinski definition) is 2. The zero-order chi connectivity index (χ0) is 14.4. The number of carbonyl (C=O) groups is 1. The SMILES string of the molecule is O=C(CCS(=O)(=O)N1CCNCC1)NCc1ccco1. The first-order valence-corrected chi connectivity index (χ1v) is 8.16. The lowest BCUT2D eigenvalue weighted by Crippen LogP contribution is -2.47. The van der Waals surface area contributed by atoms with Gasteiger partial charge >= 0.3 is 0 Å². The van der Waals surface area contributed by atoms with Crippen LogP contribution in [0, 0.1) is 0 Å². The molecule has 1 fully saturated rings. The van der Waals surface area contributed by atoms with Gasteiger partial charge < -0.3 is 15.1 Å². The lowest BCUT2D eigenvalue weighted by molar-refractivity contribution is -0.120. The summed E-state index contributed by atoms with van der Waals surface area (Å²) in [6.07, 6.45) is 1.49. The van der Waals surface area contributed by atoms with Crippen molar-refractivity contribution in [1.29, 1.82) is 0 Å². The second-order valence-electron chi connectivity index (χ2n) is 4.57. The molecule has 1 aliphatic rings. The van der Waals surface area contributed by atoms with Crippen molar-refractivity contribution in [2.75, 3.05) is 31.9 Å². The molecule has 2 N–H and O–H groups in total. The second kappa shape index (κ2) is 6.87. The van der Waals surface area contributed by atoms with E-state index < -0.39 is 10.0 Å². The molecule has 1 amide bonds. The summed E-state index contributed by atoms with van der Waals surface area (Å²) < 4.78 is 30.6. The molecule has 0 unspecified atom stereocenters. The molecule has 1 aliphatic heterocycles. The van der Waals surface area contributed by atoms with E-state index in [9.17, 15) is 13.2 Å². The lowest BCUT2D eigenvalue weighted by atomic mass is 10.4. The Morgan fingerprint density at radius 1 is 1.40 bits per heavy atom. The zero-order valence-corrected chi connectivity index (χ0v) is 12.0. The average molecular weight is 301 g/mol. The third kappa shape index (κ3) is 4.32. The molecular weight excluding hydrogens is 282 g/mol. The van der Waals surface area contributed by atoms with E-state index in [-0.39, 0.29) is 24.6 Å². The molecule has 112 valence electrons. The van der Waals surface area contributed by atoms with Crippen molar-refractivity contribution in [3.8, 4) is 0 Å². The maximum absolute atomic E-state index is 12.0. The van der Waals surface area contributed by atoms with Crippen LogP contribution in [0.2, 0.25) is 0 Å². The van der Waals surface area contributed by atoms with Crippen LogP contribution in [-0.2, 0) is 21.4 Å². The van der Waals surface area contributed by atoms with Gasteiger partial charge in [0.1, 0.15) is 5.76 Å². The summed E-state index contributed by atoms with van der Waals surface area (Å²) in [4.78, 5) is 11.6. The fourth-order valence-corrected chi connectivity index (χ4v) is 3.40. The summed E-state index contributed by atoms with van der Waals surface area (Å²) in [5.74, 6) is 0.195. The van der Waals surface area contributed by atoms with Crippen molar-refractivity contribution in [3.63, 3.8) is 0 Å². The first kappa shape index (κ1) is 15.0. The van der Waals surface area contributed by atoms with Gasteiger partial charge in [-0.15, -0.1) is 0 Å². The third-order valence-electron chi connectivity index (χ3n) is 3.10. The van der Waals surface area contributed by atoms with Crippen LogP contribution in [0.3, 0.4) is 0 Å². The molecule has 1 saturated heterocycles. The Kier molecular flexibility index (Phi) is 5.16. The summed E-state index contributed by atoms with van der Waals surface area (Å²) in [7, 11) is -3.34. The normalized spacial score (nSPS) is 17.0. The van der Waals surface area contributed by atoms with Gasteiger partial charge in [0.2, 0.25) is 15.9 Å². The van der Waals surface area contributed by atoms with Crippen LogP contribution in [0.25, 0.3) is 0 Å². The van der Waals surface area contributed by atoms with Crippen LogP contribution in [0.5, 0.6) is 0 Å². The molecule has 0 spiro atoms. The van der Waals surface area contributed by atoms with Crippen LogP contribution in [0.1, 0.15) is 12.2 Å². The third-order valence-corrected chi connectivity index (χ3v) is 4.97. The highest BCUT2D eigenvalue weighted by Gasteiger charge is 2.24. The number of amides is 1. The van der Waals surface area contributed by atoms with Gasteiger partial charge in [0.25, 0.3) is 0 Å². The average Bonchev–Trinajstić information content (AvgIpc) is 2.97. The van der Waals surface area contributed by atoms with Crippen molar-refractivity contribution in [2.45, 2.75) is 13.0 Å². The van der Waals surface area contributed by atoms with E-state index in [2.05, 4.69) is 10.6 Å². The van der Waals surface area contributed by atoms with Gasteiger partial charge in [-0.25, -0.2) is 8.42 Å². The van der Waals surface area contributed by atoms with Gasteiger partial charge in [-0.05, 0) is 12.1 Å². The zero-order valence-electron chi connectivity index (χ0n) is 11.2. The number of sulfonamides is 1. The minimum atomic E-state index is -3.34. The maximum atomic E-state index is 12.0. The monoisotopic (exact) mass is 301 g/mol. The van der Waals surface area contributed by atoms with E-state index in [0.717, 1.165) is 0 Å². The largest absolute Gasteiger partial charge is 0.467 e. The summed E-state index contributed by atoms with van der Waals surface area (Å²) in [5, 5.41) is 5.72. The smallest absolute Gasteiger partial charge is 0.221 e. The Labute approximate surface area is 118 Å². The molecular formula is C12H19N3O4S. The Morgan fingerprint density at radius 3 is 2.80 bits per heavy atom. The van der Waals surface area contributed by atoms with Crippen LogP contribution >= 0.6 is 0 Å². The number of nitrogens with zero attached hydrogens (tertiary/aromatic N) is 1. The summed E-state index contributed by atoms with van der Waals surface area (Å²) in [6.45, 7) is 2.53. The van der Waals surface area contributed by atoms with E-state index >= 15 is 0 Å². The van der Waals surface area contributed by atoms with E-state index in [4.69, 9.17) is 4.42 Å². The topological polar surface area (TPSA) is 91.7 Å². The number of nitrogens with one attached hydrogen (secondary N) is 2. The van der Waals surface area contributed by atoms with Crippen molar-refractivity contribution in [2.24, 2.45) is 0 Å². The molecule has 0 aromatic carbocycles. The second-order valence-corrected chi connectivity index (χ2v) is 6.66. The highest BCUT2D eigenvalue weighted by atomic mass is 32.2. The molecule has 8 heteroatoms. The van der Waals surface area contributed by atoms with Gasteiger partial charge in [-0.3, -0.25) is 4.79 Å². The minimum absolute atomic E-state index is 0.0348. The van der Waals surface area contributed by atoms with Crippen molar-refractivity contribution < 1.29 is 17.6 Å². The van der Waals surface area contributed by atoms with Crippen molar-refractivity contribution >= 4 is 15.9 Å². The van der Waals surface area contributed by atoms with Gasteiger partial charge in [0, 0.05) is 32.6 Å². The Hall–Kier alpha value is -1.38. The van der Waals surface area contributed by atoms with Gasteiger partial charge in [0.05, 0.1) is 18.6 Å². The molecule has 20 heavy (non-hydrogen) atoms.